The second kappa shape index (κ2) is 4.36. The van der Waals surface area contributed by atoms with E-state index in [2.05, 4.69) is 31.0 Å². The molecule has 0 spiro atoms. The monoisotopic (exact) mass is 224 g/mol. The Morgan fingerprint density at radius 2 is 1.94 bits per heavy atom. The van der Waals surface area contributed by atoms with Crippen molar-refractivity contribution in [2.75, 3.05) is 13.1 Å². The van der Waals surface area contributed by atoms with Gasteiger partial charge in [-0.05, 0) is 53.0 Å². The predicted molar refractivity (Wildman–Crippen MR) is 65.2 cm³/mol. The summed E-state index contributed by atoms with van der Waals surface area (Å²) in [6.07, 6.45) is 4.59. The highest BCUT2D eigenvalue weighted by Crippen LogP contribution is 2.32. The molecule has 16 heavy (non-hydrogen) atoms. The maximum Gasteiger partial charge on any atom is 0.230 e. The van der Waals surface area contributed by atoms with Crippen LogP contribution < -0.4 is 5.32 Å². The lowest BCUT2D eigenvalue weighted by Gasteiger charge is -2.43. The molecule has 0 saturated carbocycles. The molecule has 2 aliphatic rings. The summed E-state index contributed by atoms with van der Waals surface area (Å²) >= 11 is 0. The van der Waals surface area contributed by atoms with E-state index in [1.165, 1.54) is 19.3 Å². The third-order valence-corrected chi connectivity index (χ3v) is 4.31. The minimum atomic E-state index is -0.153. The lowest BCUT2D eigenvalue weighted by Crippen LogP contribution is -2.53. The highest BCUT2D eigenvalue weighted by molar-refractivity contribution is 5.83. The Labute approximate surface area is 98.6 Å². The first-order chi connectivity index (χ1) is 7.54. The topological polar surface area (TPSA) is 32.3 Å². The van der Waals surface area contributed by atoms with Gasteiger partial charge in [-0.3, -0.25) is 4.79 Å². The van der Waals surface area contributed by atoms with E-state index in [1.54, 1.807) is 0 Å². The van der Waals surface area contributed by atoms with Crippen molar-refractivity contribution in [3.8, 4) is 0 Å². The van der Waals surface area contributed by atoms with Crippen LogP contribution in [0.5, 0.6) is 0 Å². The van der Waals surface area contributed by atoms with E-state index in [0.29, 0.717) is 18.0 Å². The Kier molecular flexibility index (Phi) is 3.24. The summed E-state index contributed by atoms with van der Waals surface area (Å²) in [4.78, 5) is 14.8. The van der Waals surface area contributed by atoms with Crippen LogP contribution in [0.15, 0.2) is 0 Å². The summed E-state index contributed by atoms with van der Waals surface area (Å²) in [5.74, 6) is 0.372. The van der Waals surface area contributed by atoms with E-state index in [9.17, 15) is 4.79 Å². The molecule has 1 unspecified atom stereocenters. The van der Waals surface area contributed by atoms with Gasteiger partial charge >= 0.3 is 0 Å². The van der Waals surface area contributed by atoms with Gasteiger partial charge in [-0.25, -0.2) is 0 Å². The quantitative estimate of drug-likeness (QED) is 0.736. The van der Waals surface area contributed by atoms with Gasteiger partial charge in [0.25, 0.3) is 0 Å². The summed E-state index contributed by atoms with van der Waals surface area (Å²) in [7, 11) is 0. The lowest BCUT2D eigenvalue weighted by molar-refractivity contribution is -0.146. The van der Waals surface area contributed by atoms with Gasteiger partial charge in [-0.2, -0.15) is 0 Å². The third-order valence-electron chi connectivity index (χ3n) is 4.31. The highest BCUT2D eigenvalue weighted by Gasteiger charge is 2.42. The van der Waals surface area contributed by atoms with E-state index in [0.717, 1.165) is 19.5 Å². The fourth-order valence-corrected chi connectivity index (χ4v) is 3.13. The molecule has 3 nitrogen and oxygen atoms in total. The molecule has 2 aliphatic heterocycles. The number of rotatable bonds is 1. The van der Waals surface area contributed by atoms with Crippen molar-refractivity contribution in [3.63, 3.8) is 0 Å². The number of likely N-dealkylation sites (tertiary alicyclic amines) is 1. The molecule has 0 radical (unpaired) electrons. The van der Waals surface area contributed by atoms with Crippen LogP contribution in [0, 0.1) is 5.41 Å². The van der Waals surface area contributed by atoms with Gasteiger partial charge in [0.15, 0.2) is 0 Å². The van der Waals surface area contributed by atoms with E-state index < -0.39 is 0 Å². The molecule has 0 aromatic rings. The zero-order valence-corrected chi connectivity index (χ0v) is 10.8. The van der Waals surface area contributed by atoms with Crippen molar-refractivity contribution in [1.82, 2.24) is 10.2 Å². The molecule has 2 rings (SSSR count). The van der Waals surface area contributed by atoms with Crippen molar-refractivity contribution >= 4 is 5.91 Å². The molecular formula is C13H24N2O. The van der Waals surface area contributed by atoms with Gasteiger partial charge in [0, 0.05) is 18.6 Å². The molecule has 2 saturated heterocycles. The molecule has 2 heterocycles. The van der Waals surface area contributed by atoms with Crippen LogP contribution in [0.25, 0.3) is 0 Å². The second-order valence-electron chi connectivity index (χ2n) is 5.83. The normalized spacial score (nSPS) is 40.1. The number of piperidine rings is 1. The molecule has 2 fully saturated rings. The van der Waals surface area contributed by atoms with Crippen LogP contribution >= 0.6 is 0 Å². The van der Waals surface area contributed by atoms with Gasteiger partial charge in [0.05, 0.1) is 5.41 Å². The van der Waals surface area contributed by atoms with Gasteiger partial charge < -0.3 is 10.2 Å². The Morgan fingerprint density at radius 3 is 2.44 bits per heavy atom. The predicted octanol–water partition coefficient (Wildman–Crippen LogP) is 1.78. The standard InChI is InChI=1S/C13H24N2O/c1-10-5-4-6-11(2)15(10)12(16)13(3)7-8-14-9-13/h10-11,14H,4-9H2,1-3H3/t10-,11+,13?. The molecule has 0 aromatic heterocycles. The zero-order chi connectivity index (χ0) is 11.8. The average Bonchev–Trinajstić information content (AvgIpc) is 2.66. The number of hydrogen-bond acceptors (Lipinski definition) is 2. The highest BCUT2D eigenvalue weighted by atomic mass is 16.2. The van der Waals surface area contributed by atoms with E-state index >= 15 is 0 Å². The minimum absolute atomic E-state index is 0.153. The summed E-state index contributed by atoms with van der Waals surface area (Å²) in [5, 5.41) is 3.31. The van der Waals surface area contributed by atoms with Crippen molar-refractivity contribution in [3.05, 3.63) is 0 Å². The van der Waals surface area contributed by atoms with Crippen molar-refractivity contribution in [2.45, 2.75) is 58.5 Å². The molecule has 0 aromatic carbocycles. The molecule has 1 N–H and O–H groups in total. The molecule has 1 amide bonds. The van der Waals surface area contributed by atoms with Crippen molar-refractivity contribution in [1.29, 1.82) is 0 Å². The fourth-order valence-electron chi connectivity index (χ4n) is 3.13. The first-order valence-electron chi connectivity index (χ1n) is 6.58. The first-order valence-corrected chi connectivity index (χ1v) is 6.58. The molecule has 3 heteroatoms. The maximum absolute atomic E-state index is 12.6. The number of carbonyl (C=O) groups is 1. The molecule has 0 aliphatic carbocycles. The number of nitrogens with zero attached hydrogens (tertiary/aromatic N) is 1. The van der Waals surface area contributed by atoms with E-state index in [4.69, 9.17) is 0 Å². The SMILES string of the molecule is C[C@@H]1CCC[C@H](C)N1C(=O)C1(C)CCNC1. The smallest absolute Gasteiger partial charge is 0.230 e. The second-order valence-corrected chi connectivity index (χ2v) is 5.83. The van der Waals surface area contributed by atoms with Crippen LogP contribution in [-0.4, -0.2) is 36.0 Å². The van der Waals surface area contributed by atoms with Gasteiger partial charge in [-0.15, -0.1) is 0 Å². The summed E-state index contributed by atoms with van der Waals surface area (Å²) in [6, 6.07) is 0.849. The Bertz CT molecular complexity index is 261. The van der Waals surface area contributed by atoms with E-state index in [1.807, 2.05) is 0 Å². The van der Waals surface area contributed by atoms with Crippen LogP contribution in [-0.2, 0) is 4.79 Å². The summed E-state index contributed by atoms with van der Waals surface area (Å²) < 4.78 is 0. The first kappa shape index (κ1) is 11.9. The number of amides is 1. The van der Waals surface area contributed by atoms with Crippen molar-refractivity contribution in [2.24, 2.45) is 5.41 Å². The van der Waals surface area contributed by atoms with Crippen LogP contribution in [0.3, 0.4) is 0 Å². The van der Waals surface area contributed by atoms with Gasteiger partial charge in [0.1, 0.15) is 0 Å². The number of hydrogen-bond donors (Lipinski definition) is 1. The summed E-state index contributed by atoms with van der Waals surface area (Å²) in [5.41, 5.74) is -0.153. The van der Waals surface area contributed by atoms with Crippen LogP contribution in [0.2, 0.25) is 0 Å². The minimum Gasteiger partial charge on any atom is -0.337 e. The molecule has 0 bridgehead atoms. The summed E-state index contributed by atoms with van der Waals surface area (Å²) in [6.45, 7) is 8.34. The van der Waals surface area contributed by atoms with Crippen molar-refractivity contribution < 1.29 is 4.79 Å². The number of carbonyl (C=O) groups excluding carboxylic acids is 1. The van der Waals surface area contributed by atoms with Gasteiger partial charge in [0.2, 0.25) is 5.91 Å². The molecule has 92 valence electrons. The van der Waals surface area contributed by atoms with Gasteiger partial charge in [-0.1, -0.05) is 0 Å². The Morgan fingerprint density at radius 1 is 1.31 bits per heavy atom. The Hall–Kier alpha value is -0.570. The van der Waals surface area contributed by atoms with Crippen LogP contribution in [0.1, 0.15) is 46.5 Å². The molecule has 3 atom stereocenters. The number of nitrogens with one attached hydrogen (secondary N) is 1. The van der Waals surface area contributed by atoms with E-state index in [-0.39, 0.29) is 5.41 Å². The largest absolute Gasteiger partial charge is 0.337 e. The lowest BCUT2D eigenvalue weighted by atomic mass is 9.85. The average molecular weight is 224 g/mol. The Balaban J connectivity index is 2.12. The maximum atomic E-state index is 12.6. The third kappa shape index (κ3) is 1.97. The zero-order valence-electron chi connectivity index (χ0n) is 10.8. The van der Waals surface area contributed by atoms with Crippen LogP contribution in [0.4, 0.5) is 0 Å². The molecular weight excluding hydrogens is 200 g/mol. The fraction of sp³-hybridized carbons (Fsp3) is 0.923.